The first-order valence-corrected chi connectivity index (χ1v) is 5.37. The first-order chi connectivity index (χ1) is 9.09. The Morgan fingerprint density at radius 2 is 2.05 bits per heavy atom. The molecule has 0 fully saturated rings. The third kappa shape index (κ3) is 2.85. The Morgan fingerprint density at radius 1 is 1.26 bits per heavy atom. The number of aromatic nitrogens is 1. The molecule has 19 heavy (non-hydrogen) atoms. The molecule has 0 saturated heterocycles. The summed E-state index contributed by atoms with van der Waals surface area (Å²) in [5.74, 6) is -0.616. The van der Waals surface area contributed by atoms with Gasteiger partial charge in [0.25, 0.3) is 0 Å². The van der Waals surface area contributed by atoms with Gasteiger partial charge in [0, 0.05) is 23.5 Å². The van der Waals surface area contributed by atoms with Gasteiger partial charge in [-0.25, -0.2) is 0 Å². The maximum atomic E-state index is 12.2. The van der Waals surface area contributed by atoms with Gasteiger partial charge in [-0.05, 0) is 24.3 Å². The van der Waals surface area contributed by atoms with Gasteiger partial charge in [-0.1, -0.05) is 6.07 Å². The van der Waals surface area contributed by atoms with Crippen LogP contribution in [0.5, 0.6) is 5.75 Å². The summed E-state index contributed by atoms with van der Waals surface area (Å²) in [6, 6.07) is 7.32. The van der Waals surface area contributed by atoms with Crippen molar-refractivity contribution in [3.05, 3.63) is 53.9 Å². The third-order valence-electron chi connectivity index (χ3n) is 2.45. The van der Waals surface area contributed by atoms with Crippen LogP contribution in [0.3, 0.4) is 0 Å². The zero-order chi connectivity index (χ0) is 13.8. The molecule has 98 valence electrons. The van der Waals surface area contributed by atoms with E-state index in [2.05, 4.69) is 9.72 Å². The fourth-order valence-corrected chi connectivity index (χ4v) is 1.59. The smallest absolute Gasteiger partial charge is 0.387 e. The lowest BCUT2D eigenvalue weighted by Gasteiger charge is -2.10. The summed E-state index contributed by atoms with van der Waals surface area (Å²) in [5, 5.41) is 0. The minimum atomic E-state index is -2.99. The number of pyridine rings is 1. The Morgan fingerprint density at radius 3 is 2.68 bits per heavy atom. The zero-order valence-corrected chi connectivity index (χ0v) is 9.72. The summed E-state index contributed by atoms with van der Waals surface area (Å²) in [6.07, 6.45) is 2.90. The van der Waals surface area contributed by atoms with E-state index in [1.807, 2.05) is 0 Å². The van der Waals surface area contributed by atoms with E-state index in [-0.39, 0.29) is 17.0 Å². The highest BCUT2D eigenvalue weighted by molar-refractivity contribution is 6.12. The predicted octanol–water partition coefficient (Wildman–Crippen LogP) is 2.50. The van der Waals surface area contributed by atoms with Crippen LogP contribution in [0.2, 0.25) is 0 Å². The summed E-state index contributed by atoms with van der Waals surface area (Å²) in [4.78, 5) is 16.0. The van der Waals surface area contributed by atoms with E-state index in [9.17, 15) is 13.6 Å². The van der Waals surface area contributed by atoms with Gasteiger partial charge >= 0.3 is 6.61 Å². The Hall–Kier alpha value is -2.50. The van der Waals surface area contributed by atoms with Crippen LogP contribution in [0.25, 0.3) is 0 Å². The largest absolute Gasteiger partial charge is 0.433 e. The molecular weight excluding hydrogens is 254 g/mol. The minimum absolute atomic E-state index is 0.103. The quantitative estimate of drug-likeness (QED) is 0.680. The molecule has 1 aromatic carbocycles. The number of hydrogen-bond donors (Lipinski definition) is 1. The van der Waals surface area contributed by atoms with Gasteiger partial charge in [0.15, 0.2) is 5.78 Å². The highest BCUT2D eigenvalue weighted by atomic mass is 19.3. The van der Waals surface area contributed by atoms with Crippen molar-refractivity contribution in [3.8, 4) is 5.75 Å². The Labute approximate surface area is 107 Å². The number of para-hydroxylation sites is 1. The highest BCUT2D eigenvalue weighted by Gasteiger charge is 2.17. The SMILES string of the molecule is Nc1c(OC(F)F)cccc1C(=O)c1cccnc1. The summed E-state index contributed by atoms with van der Waals surface area (Å²) < 4.78 is 28.6. The number of alkyl halides is 2. The van der Waals surface area contributed by atoms with Crippen LogP contribution in [0, 0.1) is 0 Å². The lowest BCUT2D eigenvalue weighted by molar-refractivity contribution is -0.0493. The predicted molar refractivity (Wildman–Crippen MR) is 65.2 cm³/mol. The van der Waals surface area contributed by atoms with E-state index in [0.29, 0.717) is 5.56 Å². The highest BCUT2D eigenvalue weighted by Crippen LogP contribution is 2.28. The molecule has 0 saturated carbocycles. The standard InChI is InChI=1S/C13H10F2N2O2/c14-13(15)19-10-5-1-4-9(11(10)16)12(18)8-3-2-6-17-7-8/h1-7,13H,16H2. The number of nitrogens with zero attached hydrogens (tertiary/aromatic N) is 1. The van der Waals surface area contributed by atoms with E-state index < -0.39 is 12.4 Å². The minimum Gasteiger partial charge on any atom is -0.433 e. The fourth-order valence-electron chi connectivity index (χ4n) is 1.59. The number of nitrogen functional groups attached to an aromatic ring is 1. The number of carbonyl (C=O) groups excluding carboxylic acids is 1. The van der Waals surface area contributed by atoms with Crippen molar-refractivity contribution in [2.45, 2.75) is 6.61 Å². The molecule has 0 spiro atoms. The van der Waals surface area contributed by atoms with Crippen molar-refractivity contribution < 1.29 is 18.3 Å². The number of nitrogens with two attached hydrogens (primary N) is 1. The number of halogens is 2. The van der Waals surface area contributed by atoms with Crippen LogP contribution in [-0.2, 0) is 0 Å². The summed E-state index contributed by atoms with van der Waals surface area (Å²) in [6.45, 7) is -2.99. The molecule has 0 radical (unpaired) electrons. The number of carbonyl (C=O) groups is 1. The van der Waals surface area contributed by atoms with Crippen molar-refractivity contribution >= 4 is 11.5 Å². The second-order valence-electron chi connectivity index (χ2n) is 3.67. The van der Waals surface area contributed by atoms with Crippen LogP contribution < -0.4 is 10.5 Å². The molecule has 0 amide bonds. The van der Waals surface area contributed by atoms with Crippen LogP contribution >= 0.6 is 0 Å². The molecule has 1 aromatic heterocycles. The molecule has 0 aliphatic carbocycles. The molecule has 6 heteroatoms. The lowest BCUT2D eigenvalue weighted by atomic mass is 10.0. The molecular formula is C13H10F2N2O2. The third-order valence-corrected chi connectivity index (χ3v) is 2.45. The normalized spacial score (nSPS) is 10.5. The van der Waals surface area contributed by atoms with E-state index in [1.54, 1.807) is 12.1 Å². The Balaban J connectivity index is 2.38. The van der Waals surface area contributed by atoms with Gasteiger partial charge in [0.05, 0.1) is 5.69 Å². The van der Waals surface area contributed by atoms with Crippen LogP contribution in [0.15, 0.2) is 42.7 Å². The average molecular weight is 264 g/mol. The lowest BCUT2D eigenvalue weighted by Crippen LogP contribution is -2.09. The first kappa shape index (κ1) is 12.9. The summed E-state index contributed by atoms with van der Waals surface area (Å²) >= 11 is 0. The summed E-state index contributed by atoms with van der Waals surface area (Å²) in [7, 11) is 0. The van der Waals surface area contributed by atoms with Crippen LogP contribution in [-0.4, -0.2) is 17.4 Å². The molecule has 0 bridgehead atoms. The number of anilines is 1. The number of benzene rings is 1. The van der Waals surface area contributed by atoms with Gasteiger partial charge in [0.1, 0.15) is 5.75 Å². The van der Waals surface area contributed by atoms with Gasteiger partial charge in [-0.3, -0.25) is 9.78 Å². The summed E-state index contributed by atoms with van der Waals surface area (Å²) in [5.41, 5.74) is 5.98. The number of hydrogen-bond acceptors (Lipinski definition) is 4. The van der Waals surface area contributed by atoms with Gasteiger partial charge in [-0.15, -0.1) is 0 Å². The molecule has 1 heterocycles. The van der Waals surface area contributed by atoms with Crippen molar-refractivity contribution in [3.63, 3.8) is 0 Å². The van der Waals surface area contributed by atoms with Gasteiger partial charge in [0.2, 0.25) is 0 Å². The molecule has 2 N–H and O–H groups in total. The topological polar surface area (TPSA) is 65.2 Å². The number of ether oxygens (including phenoxy) is 1. The molecule has 0 aliphatic rings. The Kier molecular flexibility index (Phi) is 3.70. The van der Waals surface area contributed by atoms with E-state index in [0.717, 1.165) is 0 Å². The molecule has 2 aromatic rings. The molecule has 0 atom stereocenters. The molecule has 0 aliphatic heterocycles. The maximum Gasteiger partial charge on any atom is 0.387 e. The zero-order valence-electron chi connectivity index (χ0n) is 9.72. The van der Waals surface area contributed by atoms with Crippen molar-refractivity contribution in [2.75, 3.05) is 5.73 Å². The van der Waals surface area contributed by atoms with Crippen LogP contribution in [0.1, 0.15) is 15.9 Å². The second-order valence-corrected chi connectivity index (χ2v) is 3.67. The second kappa shape index (κ2) is 5.43. The average Bonchev–Trinajstić information content (AvgIpc) is 2.41. The van der Waals surface area contributed by atoms with E-state index in [4.69, 9.17) is 5.73 Å². The number of rotatable bonds is 4. The molecule has 2 rings (SSSR count). The van der Waals surface area contributed by atoms with Crippen molar-refractivity contribution in [2.24, 2.45) is 0 Å². The van der Waals surface area contributed by atoms with Crippen molar-refractivity contribution in [1.29, 1.82) is 0 Å². The van der Waals surface area contributed by atoms with Crippen LogP contribution in [0.4, 0.5) is 14.5 Å². The monoisotopic (exact) mass is 264 g/mol. The molecule has 4 nitrogen and oxygen atoms in total. The van der Waals surface area contributed by atoms with E-state index >= 15 is 0 Å². The number of ketones is 1. The molecule has 0 unspecified atom stereocenters. The Bertz CT molecular complexity index is 588. The van der Waals surface area contributed by atoms with Crippen molar-refractivity contribution in [1.82, 2.24) is 4.98 Å². The van der Waals surface area contributed by atoms with Gasteiger partial charge < -0.3 is 10.5 Å². The fraction of sp³-hybridized carbons (Fsp3) is 0.0769. The maximum absolute atomic E-state index is 12.2. The van der Waals surface area contributed by atoms with E-state index in [1.165, 1.54) is 30.6 Å². The van der Waals surface area contributed by atoms with Gasteiger partial charge in [-0.2, -0.15) is 8.78 Å². The first-order valence-electron chi connectivity index (χ1n) is 5.37.